The lowest BCUT2D eigenvalue weighted by Gasteiger charge is -2.12. The third-order valence-corrected chi connectivity index (χ3v) is 3.33. The summed E-state index contributed by atoms with van der Waals surface area (Å²) in [5.41, 5.74) is 0.398. The summed E-state index contributed by atoms with van der Waals surface area (Å²) in [6.45, 7) is 1.66. The quantitative estimate of drug-likeness (QED) is 0.815. The molecular weight excluding hydrogens is 312 g/mol. The molecule has 0 fully saturated rings. The van der Waals surface area contributed by atoms with E-state index in [2.05, 4.69) is 5.32 Å². The van der Waals surface area contributed by atoms with Crippen LogP contribution in [-0.4, -0.2) is 12.5 Å². The van der Waals surface area contributed by atoms with E-state index in [1.54, 1.807) is 12.2 Å². The fourth-order valence-corrected chi connectivity index (χ4v) is 2.01. The smallest absolute Gasteiger partial charge is 0.279 e. The molecule has 2 rings (SSSR count). The second-order valence-electron chi connectivity index (χ2n) is 5.07. The zero-order valence-electron chi connectivity index (χ0n) is 12.2. The first kappa shape index (κ1) is 17.0. The first-order valence-corrected chi connectivity index (χ1v) is 6.90. The van der Waals surface area contributed by atoms with Crippen LogP contribution in [0.3, 0.4) is 0 Å². The molecular formula is C16H15F4N2O+. The highest BCUT2D eigenvalue weighted by Crippen LogP contribution is 2.15. The molecule has 0 aliphatic rings. The van der Waals surface area contributed by atoms with E-state index in [-0.39, 0.29) is 18.3 Å². The summed E-state index contributed by atoms with van der Waals surface area (Å²) >= 11 is 0. The van der Waals surface area contributed by atoms with Gasteiger partial charge in [-0.25, -0.2) is 17.6 Å². The topological polar surface area (TPSA) is 45.7 Å². The average Bonchev–Trinajstić information content (AvgIpc) is 2.50. The maximum absolute atomic E-state index is 13.4. The molecule has 3 nitrogen and oxygen atoms in total. The molecule has 3 N–H and O–H groups in total. The number of carbonyl (C=O) groups excluding carboxylic acids is 1. The molecule has 2 aromatic rings. The third kappa shape index (κ3) is 4.53. The van der Waals surface area contributed by atoms with E-state index in [0.717, 1.165) is 24.3 Å². The molecule has 1 atom stereocenters. The SMILES string of the molecule is C[C@H]([NH2+]CC(=O)Nc1ccc(F)cc1F)c1ccc(F)c(F)c1. The zero-order chi connectivity index (χ0) is 17.0. The van der Waals surface area contributed by atoms with Crippen molar-refractivity contribution in [2.45, 2.75) is 13.0 Å². The van der Waals surface area contributed by atoms with Gasteiger partial charge in [0.1, 0.15) is 17.7 Å². The zero-order valence-corrected chi connectivity index (χ0v) is 12.2. The Morgan fingerprint density at radius 2 is 1.78 bits per heavy atom. The van der Waals surface area contributed by atoms with Gasteiger partial charge in [-0.2, -0.15) is 0 Å². The minimum absolute atomic E-state index is 0.0586. The van der Waals surface area contributed by atoms with Crippen molar-refractivity contribution in [2.24, 2.45) is 0 Å². The molecule has 2 aromatic carbocycles. The minimum Gasteiger partial charge on any atom is -0.333 e. The normalized spacial score (nSPS) is 12.0. The summed E-state index contributed by atoms with van der Waals surface area (Å²) in [5.74, 6) is -4.00. The molecule has 7 heteroatoms. The van der Waals surface area contributed by atoms with Crippen LogP contribution in [0.15, 0.2) is 36.4 Å². The fourth-order valence-electron chi connectivity index (χ4n) is 2.01. The highest BCUT2D eigenvalue weighted by atomic mass is 19.2. The molecule has 0 heterocycles. The van der Waals surface area contributed by atoms with Crippen LogP contribution in [0, 0.1) is 23.3 Å². The van der Waals surface area contributed by atoms with Gasteiger partial charge in [0.05, 0.1) is 5.69 Å². The number of quaternary nitrogens is 1. The second-order valence-corrected chi connectivity index (χ2v) is 5.07. The molecule has 0 radical (unpaired) electrons. The largest absolute Gasteiger partial charge is 0.333 e. The first-order valence-electron chi connectivity index (χ1n) is 6.90. The van der Waals surface area contributed by atoms with Crippen molar-refractivity contribution in [1.82, 2.24) is 0 Å². The van der Waals surface area contributed by atoms with Crippen LogP contribution in [0.25, 0.3) is 0 Å². The molecule has 122 valence electrons. The molecule has 0 aromatic heterocycles. The molecule has 0 aliphatic carbocycles. The van der Waals surface area contributed by atoms with Crippen LogP contribution in [-0.2, 0) is 4.79 Å². The predicted octanol–water partition coefficient (Wildman–Crippen LogP) is 2.51. The second kappa shape index (κ2) is 7.23. The van der Waals surface area contributed by atoms with Crippen LogP contribution < -0.4 is 10.6 Å². The van der Waals surface area contributed by atoms with E-state index in [0.29, 0.717) is 11.6 Å². The molecule has 0 saturated carbocycles. The van der Waals surface area contributed by atoms with Crippen LogP contribution in [0.2, 0.25) is 0 Å². The highest BCUT2D eigenvalue weighted by Gasteiger charge is 2.15. The van der Waals surface area contributed by atoms with Crippen LogP contribution >= 0.6 is 0 Å². The molecule has 0 unspecified atom stereocenters. The van der Waals surface area contributed by atoms with Gasteiger partial charge in [-0.3, -0.25) is 4.79 Å². The maximum Gasteiger partial charge on any atom is 0.279 e. The Morgan fingerprint density at radius 1 is 1.04 bits per heavy atom. The van der Waals surface area contributed by atoms with Gasteiger partial charge in [0.2, 0.25) is 0 Å². The van der Waals surface area contributed by atoms with Crippen molar-refractivity contribution in [3.63, 3.8) is 0 Å². The van der Waals surface area contributed by atoms with Crippen molar-refractivity contribution in [3.8, 4) is 0 Å². The summed E-state index contributed by atoms with van der Waals surface area (Å²) in [4.78, 5) is 11.8. The van der Waals surface area contributed by atoms with Gasteiger partial charge in [0, 0.05) is 11.6 Å². The summed E-state index contributed by atoms with van der Waals surface area (Å²) in [5, 5.41) is 3.91. The van der Waals surface area contributed by atoms with Crippen molar-refractivity contribution in [1.29, 1.82) is 0 Å². The van der Waals surface area contributed by atoms with E-state index in [1.807, 2.05) is 0 Å². The van der Waals surface area contributed by atoms with E-state index in [1.165, 1.54) is 6.07 Å². The van der Waals surface area contributed by atoms with Gasteiger partial charge in [-0.15, -0.1) is 0 Å². The number of nitrogens with one attached hydrogen (secondary N) is 1. The number of amides is 1. The van der Waals surface area contributed by atoms with Crippen LogP contribution in [0.5, 0.6) is 0 Å². The predicted molar refractivity (Wildman–Crippen MR) is 76.6 cm³/mol. The van der Waals surface area contributed by atoms with E-state index >= 15 is 0 Å². The average molecular weight is 327 g/mol. The van der Waals surface area contributed by atoms with Crippen molar-refractivity contribution in [3.05, 3.63) is 65.2 Å². The summed E-state index contributed by atoms with van der Waals surface area (Å²) in [6.07, 6.45) is 0. The Morgan fingerprint density at radius 3 is 2.43 bits per heavy atom. The molecule has 0 aliphatic heterocycles. The first-order chi connectivity index (χ1) is 10.9. The standard InChI is InChI=1S/C16H14F4N2O/c1-9(10-2-4-12(18)13(19)6-10)21-8-16(23)22-15-5-3-11(17)7-14(15)20/h2-7,9,21H,8H2,1H3,(H,22,23)/p+1/t9-/m0/s1. The number of anilines is 1. The number of rotatable bonds is 5. The number of hydrogen-bond donors (Lipinski definition) is 2. The Balaban J connectivity index is 1.91. The third-order valence-electron chi connectivity index (χ3n) is 3.33. The Labute approximate surface area is 130 Å². The van der Waals surface area contributed by atoms with Gasteiger partial charge < -0.3 is 10.6 Å². The lowest BCUT2D eigenvalue weighted by molar-refractivity contribution is -0.682. The number of carbonyl (C=O) groups is 1. The van der Waals surface area contributed by atoms with E-state index in [4.69, 9.17) is 0 Å². The number of hydrogen-bond acceptors (Lipinski definition) is 1. The van der Waals surface area contributed by atoms with Gasteiger partial charge >= 0.3 is 0 Å². The van der Waals surface area contributed by atoms with Crippen LogP contribution in [0.1, 0.15) is 18.5 Å². The van der Waals surface area contributed by atoms with Gasteiger partial charge in [-0.05, 0) is 37.3 Å². The summed E-state index contributed by atoms with van der Waals surface area (Å²) < 4.78 is 52.2. The molecule has 0 bridgehead atoms. The summed E-state index contributed by atoms with van der Waals surface area (Å²) in [7, 11) is 0. The maximum atomic E-state index is 13.4. The van der Waals surface area contributed by atoms with Crippen molar-refractivity contribution < 1.29 is 27.7 Å². The molecule has 23 heavy (non-hydrogen) atoms. The van der Waals surface area contributed by atoms with Gasteiger partial charge in [0.15, 0.2) is 18.2 Å². The minimum atomic E-state index is -0.958. The molecule has 0 spiro atoms. The van der Waals surface area contributed by atoms with Gasteiger partial charge in [-0.1, -0.05) is 0 Å². The number of halogens is 4. The summed E-state index contributed by atoms with van der Waals surface area (Å²) in [6, 6.07) is 6.04. The van der Waals surface area contributed by atoms with E-state index in [9.17, 15) is 22.4 Å². The van der Waals surface area contributed by atoms with Crippen molar-refractivity contribution >= 4 is 11.6 Å². The lowest BCUT2D eigenvalue weighted by Crippen LogP contribution is -2.86. The fraction of sp³-hybridized carbons (Fsp3) is 0.188. The van der Waals surface area contributed by atoms with Crippen LogP contribution in [0.4, 0.5) is 23.2 Å². The molecule has 0 saturated heterocycles. The molecule has 1 amide bonds. The number of benzene rings is 2. The van der Waals surface area contributed by atoms with Crippen molar-refractivity contribution in [2.75, 3.05) is 11.9 Å². The monoisotopic (exact) mass is 327 g/mol. The van der Waals surface area contributed by atoms with E-state index < -0.39 is 29.2 Å². The highest BCUT2D eigenvalue weighted by molar-refractivity contribution is 5.91. The lowest BCUT2D eigenvalue weighted by atomic mass is 10.1. The Bertz CT molecular complexity index is 721. The Kier molecular flexibility index (Phi) is 5.33. The Hall–Kier alpha value is -2.41. The number of nitrogens with two attached hydrogens (primary N) is 1. The van der Waals surface area contributed by atoms with Gasteiger partial charge in [0.25, 0.3) is 5.91 Å².